The maximum absolute atomic E-state index is 13.8. The summed E-state index contributed by atoms with van der Waals surface area (Å²) in [6.07, 6.45) is 7.51. The highest BCUT2D eigenvalue weighted by Gasteiger charge is 2.45. The van der Waals surface area contributed by atoms with Crippen LogP contribution in [0.5, 0.6) is 5.75 Å². The van der Waals surface area contributed by atoms with E-state index in [4.69, 9.17) is 4.74 Å². The van der Waals surface area contributed by atoms with Crippen molar-refractivity contribution < 1.29 is 19.4 Å². The molecule has 1 aliphatic carbocycles. The highest BCUT2D eigenvalue weighted by molar-refractivity contribution is 6.35. The number of nitrogens with zero attached hydrogens (tertiary/aromatic N) is 3. The van der Waals surface area contributed by atoms with Crippen molar-refractivity contribution >= 4 is 17.4 Å². The van der Waals surface area contributed by atoms with Crippen molar-refractivity contribution in [2.75, 3.05) is 45.9 Å². The first-order valence-electron chi connectivity index (χ1n) is 12.6. The number of aliphatic hydroxyl groups is 1. The first-order chi connectivity index (χ1) is 16.1. The minimum absolute atomic E-state index is 0.0174. The smallest absolute Gasteiger partial charge is 0.278 e. The summed E-state index contributed by atoms with van der Waals surface area (Å²) in [6, 6.07) is 7.53. The maximum Gasteiger partial charge on any atom is 0.278 e. The largest absolute Gasteiger partial charge is 0.494 e. The van der Waals surface area contributed by atoms with E-state index in [1.165, 1.54) is 19.3 Å². The van der Waals surface area contributed by atoms with Crippen molar-refractivity contribution in [3.05, 3.63) is 35.5 Å². The Morgan fingerprint density at radius 1 is 0.909 bits per heavy atom. The number of carbonyl (C=O) groups is 2. The predicted octanol–water partition coefficient (Wildman–Crippen LogP) is 2.89. The van der Waals surface area contributed by atoms with E-state index >= 15 is 0 Å². The van der Waals surface area contributed by atoms with Gasteiger partial charge in [-0.25, -0.2) is 0 Å². The van der Waals surface area contributed by atoms with E-state index < -0.39 is 0 Å². The highest BCUT2D eigenvalue weighted by atomic mass is 16.5. The fourth-order valence-electron chi connectivity index (χ4n) is 5.33. The average molecular weight is 456 g/mol. The topological polar surface area (TPSA) is 73.3 Å². The van der Waals surface area contributed by atoms with Crippen LogP contribution < -0.4 is 4.74 Å². The number of aliphatic hydroxyl groups excluding tert-OH is 1. The fourth-order valence-corrected chi connectivity index (χ4v) is 5.33. The Bertz CT molecular complexity index is 851. The van der Waals surface area contributed by atoms with Crippen LogP contribution in [0.2, 0.25) is 0 Å². The number of β-amino-alcohol motifs (C(OH)–C–C–N with tert-alkyl or cyclic N) is 1. The molecule has 7 nitrogen and oxygen atoms in total. The van der Waals surface area contributed by atoms with E-state index in [1.807, 2.05) is 31.2 Å². The molecule has 3 aliphatic rings. The zero-order chi connectivity index (χ0) is 23.2. The summed E-state index contributed by atoms with van der Waals surface area (Å²) in [6.45, 7) is 6.18. The Morgan fingerprint density at radius 3 is 2.15 bits per heavy atom. The summed E-state index contributed by atoms with van der Waals surface area (Å²) in [4.78, 5) is 33.4. The molecule has 33 heavy (non-hydrogen) atoms. The molecular weight excluding hydrogens is 418 g/mol. The van der Waals surface area contributed by atoms with Crippen LogP contribution in [0.3, 0.4) is 0 Å². The molecule has 2 heterocycles. The summed E-state index contributed by atoms with van der Waals surface area (Å²) in [5.41, 5.74) is 1.86. The van der Waals surface area contributed by atoms with Gasteiger partial charge in [0.05, 0.1) is 18.8 Å². The highest BCUT2D eigenvalue weighted by Crippen LogP contribution is 2.36. The third-order valence-corrected chi connectivity index (χ3v) is 7.09. The van der Waals surface area contributed by atoms with Gasteiger partial charge in [0.2, 0.25) is 0 Å². The number of rotatable bonds is 7. The summed E-state index contributed by atoms with van der Waals surface area (Å²) in [7, 11) is 0. The molecule has 0 bridgehead atoms. The quantitative estimate of drug-likeness (QED) is 0.638. The molecule has 2 fully saturated rings. The van der Waals surface area contributed by atoms with Gasteiger partial charge in [-0.2, -0.15) is 0 Å². The average Bonchev–Trinajstić information content (AvgIpc) is 3.06. The van der Waals surface area contributed by atoms with Crippen LogP contribution in [-0.2, 0) is 9.59 Å². The lowest BCUT2D eigenvalue weighted by Gasteiger charge is -2.36. The first-order valence-corrected chi connectivity index (χ1v) is 12.6. The maximum atomic E-state index is 13.8. The second-order valence-corrected chi connectivity index (χ2v) is 9.21. The van der Waals surface area contributed by atoms with Crippen LogP contribution in [0, 0.1) is 0 Å². The third kappa shape index (κ3) is 5.25. The Balaban J connectivity index is 1.65. The van der Waals surface area contributed by atoms with Crippen molar-refractivity contribution in [2.24, 2.45) is 0 Å². The van der Waals surface area contributed by atoms with Crippen LogP contribution in [0.1, 0.15) is 57.4 Å². The molecule has 180 valence electrons. The molecule has 4 rings (SSSR count). The molecule has 7 heteroatoms. The summed E-state index contributed by atoms with van der Waals surface area (Å²) >= 11 is 0. The number of benzene rings is 1. The Labute approximate surface area is 197 Å². The molecule has 1 saturated carbocycles. The van der Waals surface area contributed by atoms with Gasteiger partial charge >= 0.3 is 0 Å². The Hall–Kier alpha value is -2.38. The Kier molecular flexibility index (Phi) is 8.04. The number of amides is 2. The van der Waals surface area contributed by atoms with Crippen molar-refractivity contribution in [2.45, 2.75) is 57.9 Å². The normalized spacial score (nSPS) is 21.5. The number of carbonyl (C=O) groups excluding carboxylic acids is 2. The number of hydrogen-bond donors (Lipinski definition) is 1. The van der Waals surface area contributed by atoms with Crippen LogP contribution in [0.25, 0.3) is 5.57 Å². The molecular formula is C26H37N3O4. The van der Waals surface area contributed by atoms with Crippen LogP contribution in [0.4, 0.5) is 0 Å². The molecule has 1 N–H and O–H groups in total. The van der Waals surface area contributed by atoms with Gasteiger partial charge in [0.1, 0.15) is 11.4 Å². The molecule has 0 aromatic heterocycles. The number of piperazine rings is 1. The van der Waals surface area contributed by atoms with Gasteiger partial charge in [-0.05, 0) is 37.5 Å². The zero-order valence-corrected chi connectivity index (χ0v) is 19.8. The summed E-state index contributed by atoms with van der Waals surface area (Å²) in [5.74, 6) is 0.474. The van der Waals surface area contributed by atoms with Gasteiger partial charge in [0.15, 0.2) is 0 Å². The number of imide groups is 1. The summed E-state index contributed by atoms with van der Waals surface area (Å²) in [5, 5.41) is 9.27. The Morgan fingerprint density at radius 2 is 1.55 bits per heavy atom. The SMILES string of the molecule is CCOc1ccc(C2=C(N3CCN(CCO)CC3)C(=O)N(C3CCCCCCC3)C2=O)cc1. The molecule has 2 aliphatic heterocycles. The van der Waals surface area contributed by atoms with Gasteiger partial charge in [-0.3, -0.25) is 19.4 Å². The first kappa shape index (κ1) is 23.8. The van der Waals surface area contributed by atoms with Crippen molar-refractivity contribution in [1.82, 2.24) is 14.7 Å². The van der Waals surface area contributed by atoms with E-state index in [0.29, 0.717) is 37.5 Å². The van der Waals surface area contributed by atoms with Gasteiger partial charge in [0.25, 0.3) is 11.8 Å². The predicted molar refractivity (Wildman–Crippen MR) is 128 cm³/mol. The minimum atomic E-state index is -0.150. The second-order valence-electron chi connectivity index (χ2n) is 9.21. The second kappa shape index (κ2) is 11.2. The molecule has 2 amide bonds. The van der Waals surface area contributed by atoms with Crippen molar-refractivity contribution in [1.29, 1.82) is 0 Å². The van der Waals surface area contributed by atoms with Gasteiger partial charge in [0, 0.05) is 38.8 Å². The lowest BCUT2D eigenvalue weighted by atomic mass is 9.95. The lowest BCUT2D eigenvalue weighted by Crippen LogP contribution is -2.49. The van der Waals surface area contributed by atoms with Gasteiger partial charge in [-0.1, -0.05) is 44.2 Å². The molecule has 0 spiro atoms. The zero-order valence-electron chi connectivity index (χ0n) is 19.8. The summed E-state index contributed by atoms with van der Waals surface area (Å²) < 4.78 is 5.58. The molecule has 1 saturated heterocycles. The molecule has 1 aromatic carbocycles. The number of ether oxygens (including phenoxy) is 1. The van der Waals surface area contributed by atoms with Crippen molar-refractivity contribution in [3.8, 4) is 5.75 Å². The van der Waals surface area contributed by atoms with Crippen LogP contribution >= 0.6 is 0 Å². The lowest BCUT2D eigenvalue weighted by molar-refractivity contribution is -0.140. The molecule has 1 aromatic rings. The van der Waals surface area contributed by atoms with Crippen LogP contribution in [0.15, 0.2) is 30.0 Å². The van der Waals surface area contributed by atoms with E-state index in [-0.39, 0.29) is 24.5 Å². The fraction of sp³-hybridized carbons (Fsp3) is 0.615. The van der Waals surface area contributed by atoms with E-state index in [2.05, 4.69) is 9.80 Å². The van der Waals surface area contributed by atoms with Crippen LogP contribution in [-0.4, -0.2) is 83.6 Å². The van der Waals surface area contributed by atoms with Crippen molar-refractivity contribution in [3.63, 3.8) is 0 Å². The third-order valence-electron chi connectivity index (χ3n) is 7.09. The molecule has 0 unspecified atom stereocenters. The molecule has 0 atom stereocenters. The van der Waals surface area contributed by atoms with E-state index in [1.54, 1.807) is 4.90 Å². The van der Waals surface area contributed by atoms with Gasteiger partial charge in [-0.15, -0.1) is 0 Å². The molecule has 0 radical (unpaired) electrons. The number of hydrogen-bond acceptors (Lipinski definition) is 6. The minimum Gasteiger partial charge on any atom is -0.494 e. The van der Waals surface area contributed by atoms with E-state index in [0.717, 1.165) is 50.1 Å². The monoisotopic (exact) mass is 455 g/mol. The van der Waals surface area contributed by atoms with Gasteiger partial charge < -0.3 is 14.7 Å². The standard InChI is InChI=1S/C26H37N3O4/c1-2-33-22-12-10-20(11-13-22)23-24(28-16-14-27(15-17-28)18-19-30)26(32)29(25(23)31)21-8-6-4-3-5-7-9-21/h10-13,21,30H,2-9,14-19H2,1H3. The van der Waals surface area contributed by atoms with E-state index in [9.17, 15) is 14.7 Å².